The van der Waals surface area contributed by atoms with Crippen molar-refractivity contribution in [1.82, 2.24) is 4.90 Å². The fourth-order valence-corrected chi connectivity index (χ4v) is 2.87. The second-order valence-corrected chi connectivity index (χ2v) is 5.60. The number of halogens is 1. The lowest BCUT2D eigenvalue weighted by Crippen LogP contribution is -2.43. The summed E-state index contributed by atoms with van der Waals surface area (Å²) in [6.07, 6.45) is 4.63. The third-order valence-electron chi connectivity index (χ3n) is 3.80. The molecule has 0 aromatic heterocycles. The van der Waals surface area contributed by atoms with Gasteiger partial charge in [0.1, 0.15) is 5.92 Å². The number of hydrogen-bond donors (Lipinski definition) is 0. The number of aliphatic imine (C=N–C) groups is 1. The summed E-state index contributed by atoms with van der Waals surface area (Å²) in [6.45, 7) is 1.47. The van der Waals surface area contributed by atoms with Crippen molar-refractivity contribution in [2.24, 2.45) is 10.9 Å². The molecule has 0 radical (unpaired) electrons. The van der Waals surface area contributed by atoms with E-state index in [9.17, 15) is 9.59 Å². The Kier molecular flexibility index (Phi) is 3.57. The van der Waals surface area contributed by atoms with E-state index in [1.54, 1.807) is 23.1 Å². The van der Waals surface area contributed by atoms with Crippen LogP contribution in [0.1, 0.15) is 29.6 Å². The Morgan fingerprint density at radius 3 is 2.75 bits per heavy atom. The summed E-state index contributed by atoms with van der Waals surface area (Å²) in [6, 6.07) is 4.98. The van der Waals surface area contributed by atoms with Gasteiger partial charge in [0.05, 0.1) is 5.69 Å². The fourth-order valence-electron chi connectivity index (χ4n) is 2.70. The molecule has 0 spiro atoms. The molecule has 1 aromatic carbocycles. The number of fused-ring (bicyclic) bond motifs is 1. The number of nitrogens with zero attached hydrogens (tertiary/aromatic N) is 2. The SMILES string of the molecule is O=C1c2cc(Cl)ccc2N=CC1C(=O)N1CCCCC1. The number of hydrogen-bond acceptors (Lipinski definition) is 3. The van der Waals surface area contributed by atoms with E-state index in [-0.39, 0.29) is 11.7 Å². The van der Waals surface area contributed by atoms with Crippen molar-refractivity contribution < 1.29 is 9.59 Å². The van der Waals surface area contributed by atoms with Gasteiger partial charge in [0.15, 0.2) is 5.78 Å². The number of amides is 1. The molecule has 0 N–H and O–H groups in total. The number of Topliss-reactive ketones (excluding diaryl/α,β-unsaturated/α-hetero) is 1. The first-order valence-electron chi connectivity index (χ1n) is 6.83. The molecule has 104 valence electrons. The van der Waals surface area contributed by atoms with Crippen LogP contribution >= 0.6 is 11.6 Å². The Labute approximate surface area is 122 Å². The van der Waals surface area contributed by atoms with Crippen LogP contribution < -0.4 is 0 Å². The van der Waals surface area contributed by atoms with Crippen LogP contribution in [-0.2, 0) is 4.79 Å². The molecule has 1 aromatic rings. The lowest BCUT2D eigenvalue weighted by molar-refractivity contribution is -0.132. The van der Waals surface area contributed by atoms with Gasteiger partial charge in [0.2, 0.25) is 5.91 Å². The van der Waals surface area contributed by atoms with E-state index in [2.05, 4.69) is 4.99 Å². The van der Waals surface area contributed by atoms with Gasteiger partial charge in [-0.05, 0) is 37.5 Å². The topological polar surface area (TPSA) is 49.7 Å². The summed E-state index contributed by atoms with van der Waals surface area (Å²) in [7, 11) is 0. The first-order chi connectivity index (χ1) is 9.66. The van der Waals surface area contributed by atoms with E-state index in [0.29, 0.717) is 16.3 Å². The van der Waals surface area contributed by atoms with Crippen LogP contribution in [0, 0.1) is 5.92 Å². The van der Waals surface area contributed by atoms with Gasteiger partial charge in [0.25, 0.3) is 0 Å². The largest absolute Gasteiger partial charge is 0.342 e. The highest BCUT2D eigenvalue weighted by molar-refractivity contribution is 6.32. The summed E-state index contributed by atoms with van der Waals surface area (Å²) >= 11 is 5.92. The van der Waals surface area contributed by atoms with E-state index in [0.717, 1.165) is 32.4 Å². The van der Waals surface area contributed by atoms with Crippen molar-refractivity contribution in [1.29, 1.82) is 0 Å². The molecule has 2 aliphatic rings. The van der Waals surface area contributed by atoms with Gasteiger partial charge in [-0.3, -0.25) is 14.6 Å². The van der Waals surface area contributed by atoms with Crippen LogP contribution in [0.15, 0.2) is 23.2 Å². The summed E-state index contributed by atoms with van der Waals surface area (Å²) in [5.74, 6) is -1.13. The van der Waals surface area contributed by atoms with E-state index >= 15 is 0 Å². The molecule has 2 aliphatic heterocycles. The maximum absolute atomic E-state index is 12.5. The van der Waals surface area contributed by atoms with Gasteiger partial charge in [-0.2, -0.15) is 0 Å². The third-order valence-corrected chi connectivity index (χ3v) is 4.04. The van der Waals surface area contributed by atoms with Crippen molar-refractivity contribution in [2.75, 3.05) is 13.1 Å². The van der Waals surface area contributed by atoms with Crippen molar-refractivity contribution >= 4 is 35.2 Å². The maximum Gasteiger partial charge on any atom is 0.239 e. The van der Waals surface area contributed by atoms with Crippen molar-refractivity contribution in [2.45, 2.75) is 19.3 Å². The van der Waals surface area contributed by atoms with Crippen molar-refractivity contribution in [3.05, 3.63) is 28.8 Å². The second kappa shape index (κ2) is 5.37. The quantitative estimate of drug-likeness (QED) is 0.747. The highest BCUT2D eigenvalue weighted by atomic mass is 35.5. The zero-order chi connectivity index (χ0) is 14.1. The standard InChI is InChI=1S/C15H15ClN2O2/c16-10-4-5-13-11(8-10)14(19)12(9-17-13)15(20)18-6-2-1-3-7-18/h4-5,8-9,12H,1-3,6-7H2. The first kappa shape index (κ1) is 13.3. The summed E-state index contributed by atoms with van der Waals surface area (Å²) < 4.78 is 0. The molecule has 4 nitrogen and oxygen atoms in total. The monoisotopic (exact) mass is 290 g/mol. The number of piperidine rings is 1. The molecule has 1 atom stereocenters. The van der Waals surface area contributed by atoms with Crippen LogP contribution in [0.2, 0.25) is 5.02 Å². The number of carbonyl (C=O) groups excluding carboxylic acids is 2. The highest BCUT2D eigenvalue weighted by Crippen LogP contribution is 2.29. The van der Waals surface area contributed by atoms with Crippen LogP contribution in [0.3, 0.4) is 0 Å². The third kappa shape index (κ3) is 2.36. The van der Waals surface area contributed by atoms with Crippen molar-refractivity contribution in [3.8, 4) is 0 Å². The van der Waals surface area contributed by atoms with Gasteiger partial charge in [-0.15, -0.1) is 0 Å². The Bertz CT molecular complexity index is 592. The number of likely N-dealkylation sites (tertiary alicyclic amines) is 1. The molecule has 2 heterocycles. The van der Waals surface area contributed by atoms with Crippen LogP contribution in [0.4, 0.5) is 5.69 Å². The zero-order valence-electron chi connectivity index (χ0n) is 11.0. The van der Waals surface area contributed by atoms with E-state index in [4.69, 9.17) is 11.6 Å². The number of ketones is 1. The van der Waals surface area contributed by atoms with Crippen LogP contribution in [0.25, 0.3) is 0 Å². The predicted octanol–water partition coefficient (Wildman–Crippen LogP) is 2.87. The average molecular weight is 291 g/mol. The first-order valence-corrected chi connectivity index (χ1v) is 7.21. The molecule has 20 heavy (non-hydrogen) atoms. The molecular formula is C15H15ClN2O2. The van der Waals surface area contributed by atoms with Gasteiger partial charge in [-0.25, -0.2) is 0 Å². The molecule has 0 bridgehead atoms. The lowest BCUT2D eigenvalue weighted by atomic mass is 9.93. The summed E-state index contributed by atoms with van der Waals surface area (Å²) in [4.78, 5) is 30.9. The Balaban J connectivity index is 1.86. The normalized spacial score (nSPS) is 21.8. The number of benzene rings is 1. The second-order valence-electron chi connectivity index (χ2n) is 5.17. The van der Waals surface area contributed by atoms with Crippen LogP contribution in [0.5, 0.6) is 0 Å². The summed E-state index contributed by atoms with van der Waals surface area (Å²) in [5.41, 5.74) is 1.03. The lowest BCUT2D eigenvalue weighted by Gasteiger charge is -2.29. The number of carbonyl (C=O) groups is 2. The molecular weight excluding hydrogens is 276 g/mol. The zero-order valence-corrected chi connectivity index (χ0v) is 11.8. The molecule has 3 rings (SSSR count). The highest BCUT2D eigenvalue weighted by Gasteiger charge is 2.34. The van der Waals surface area contributed by atoms with E-state index in [1.807, 2.05) is 0 Å². The van der Waals surface area contributed by atoms with Crippen molar-refractivity contribution in [3.63, 3.8) is 0 Å². The van der Waals surface area contributed by atoms with Gasteiger partial charge < -0.3 is 4.90 Å². The number of rotatable bonds is 1. The Hall–Kier alpha value is -1.68. The minimum absolute atomic E-state index is 0.135. The molecule has 1 saturated heterocycles. The van der Waals surface area contributed by atoms with E-state index in [1.165, 1.54) is 6.21 Å². The fraction of sp³-hybridized carbons (Fsp3) is 0.400. The predicted molar refractivity (Wildman–Crippen MR) is 77.9 cm³/mol. The molecule has 0 saturated carbocycles. The van der Waals surface area contributed by atoms with Gasteiger partial charge in [0, 0.05) is 29.9 Å². The minimum Gasteiger partial charge on any atom is -0.342 e. The Morgan fingerprint density at radius 1 is 1.25 bits per heavy atom. The maximum atomic E-state index is 12.5. The van der Waals surface area contributed by atoms with E-state index < -0.39 is 5.92 Å². The molecule has 1 unspecified atom stereocenters. The Morgan fingerprint density at radius 2 is 2.00 bits per heavy atom. The van der Waals surface area contributed by atoms with Gasteiger partial charge >= 0.3 is 0 Å². The summed E-state index contributed by atoms with van der Waals surface area (Å²) in [5, 5.41) is 0.485. The smallest absolute Gasteiger partial charge is 0.239 e. The molecule has 1 amide bonds. The molecule has 5 heteroatoms. The molecule has 0 aliphatic carbocycles. The van der Waals surface area contributed by atoms with Crippen LogP contribution in [-0.4, -0.2) is 35.9 Å². The average Bonchev–Trinajstić information content (AvgIpc) is 2.48. The minimum atomic E-state index is -0.793. The van der Waals surface area contributed by atoms with Gasteiger partial charge in [-0.1, -0.05) is 11.6 Å². The molecule has 1 fully saturated rings.